The van der Waals surface area contributed by atoms with Gasteiger partial charge in [0.15, 0.2) is 0 Å². The average molecular weight is 1350 g/mol. The zero-order valence-electron chi connectivity index (χ0n) is 55.3. The highest BCUT2D eigenvalue weighted by molar-refractivity contribution is 6.00. The molecule has 93 heavy (non-hydrogen) atoms. The first-order valence-electron chi connectivity index (χ1n) is 32.3. The standard InChI is InChI=1S/C81H84N7O4.HI/c1-11-12-13-14-15-16-17-18-55-89-63-33-19-56(20-34-63)78-70-47-49-72(82-70)79(57-21-35-64(36-22-57)90-67-41-27-60(28-42-67)86(2,3)4)74-51-53-76(84-74)81(59-25-39-66(40-26-59)92-69-45-31-62(32-46-69)88(8,9)10)77-54-52-75(85-77)80(73-50-48-71(78)83-73)58-23-37-65(38-24-58)91-68-43-29-61(30-44-68)87(5,6)7;/h19-54H,11-18,55H2,1-10H3;1H/q+1;/p-1. The molecule has 0 aliphatic carbocycles. The summed E-state index contributed by atoms with van der Waals surface area (Å²) in [5.74, 6) is 5.27. The van der Waals surface area contributed by atoms with E-state index >= 15 is 0 Å². The van der Waals surface area contributed by atoms with Crippen LogP contribution >= 0.6 is 0 Å². The lowest BCUT2D eigenvalue weighted by molar-refractivity contribution is -0.0000209. The van der Waals surface area contributed by atoms with Crippen LogP contribution in [-0.4, -0.2) is 80.0 Å². The van der Waals surface area contributed by atoms with E-state index in [4.69, 9.17) is 38.9 Å². The summed E-state index contributed by atoms with van der Waals surface area (Å²) in [5, 5.41) is 0. The molecule has 0 atom stereocenters. The number of hydrogen-bond acceptors (Lipinski definition) is 6. The number of unbranched alkanes of at least 4 members (excludes halogenated alkanes) is 7. The second-order valence-electron chi connectivity index (χ2n) is 26.6. The van der Waals surface area contributed by atoms with Crippen molar-refractivity contribution in [2.45, 2.75) is 58.3 Å². The highest BCUT2D eigenvalue weighted by Crippen LogP contribution is 2.41. The van der Waals surface area contributed by atoms with Crippen LogP contribution in [0.4, 0.5) is 17.1 Å². The summed E-state index contributed by atoms with van der Waals surface area (Å²) >= 11 is 0. The molecule has 0 fully saturated rings. The first kappa shape index (κ1) is 65.4. The molecule has 3 aromatic heterocycles. The van der Waals surface area contributed by atoms with Crippen molar-refractivity contribution in [1.29, 1.82) is 0 Å². The van der Waals surface area contributed by atoms with E-state index in [1.807, 2.05) is 72.8 Å². The van der Waals surface area contributed by atoms with Crippen molar-refractivity contribution in [2.24, 2.45) is 0 Å². The van der Waals surface area contributed by atoms with Gasteiger partial charge in [-0.05, 0) is 160 Å². The fourth-order valence-electron chi connectivity index (χ4n) is 11.8. The quantitative estimate of drug-likeness (QED) is 0.0355. The Labute approximate surface area is 566 Å². The predicted molar refractivity (Wildman–Crippen MR) is 385 cm³/mol. The molecule has 0 saturated heterocycles. The van der Waals surface area contributed by atoms with Crippen LogP contribution in [0, 0.1) is 0 Å². The van der Waals surface area contributed by atoms with Crippen LogP contribution in [0.3, 0.4) is 0 Å². The molecule has 474 valence electrons. The van der Waals surface area contributed by atoms with Gasteiger partial charge in [-0.3, -0.25) is 13.4 Å². The third-order valence-electron chi connectivity index (χ3n) is 17.0. The van der Waals surface area contributed by atoms with Crippen LogP contribution in [0.1, 0.15) is 81.1 Å². The van der Waals surface area contributed by atoms with Gasteiger partial charge in [0.25, 0.3) is 0 Å². The van der Waals surface area contributed by atoms with E-state index < -0.39 is 0 Å². The van der Waals surface area contributed by atoms with Crippen LogP contribution in [0.2, 0.25) is 0 Å². The van der Waals surface area contributed by atoms with Gasteiger partial charge < -0.3 is 52.9 Å². The summed E-state index contributed by atoms with van der Waals surface area (Å²) in [5.41, 5.74) is 16.9. The van der Waals surface area contributed by atoms with E-state index in [0.29, 0.717) is 25.8 Å². The summed E-state index contributed by atoms with van der Waals surface area (Å²) in [6, 6.07) is 66.3. The van der Waals surface area contributed by atoms with Crippen LogP contribution < -0.4 is 66.3 Å². The number of aromatic nitrogens is 4. The molecule has 0 N–H and O–H groups in total. The molecule has 12 heteroatoms. The van der Waals surface area contributed by atoms with Crippen molar-refractivity contribution in [1.82, 2.24) is 33.4 Å². The first-order valence-corrected chi connectivity index (χ1v) is 32.3. The summed E-state index contributed by atoms with van der Waals surface area (Å²) in [4.78, 5) is 22.3. The molecule has 0 amide bonds. The lowest BCUT2D eigenvalue weighted by Crippen LogP contribution is -3.00. The van der Waals surface area contributed by atoms with Crippen molar-refractivity contribution in [3.63, 3.8) is 0 Å². The maximum atomic E-state index is 6.46. The molecule has 2 aliphatic heterocycles. The molecule has 11 nitrogen and oxygen atoms in total. The molecule has 0 radical (unpaired) electrons. The minimum absolute atomic E-state index is 0. The second-order valence-corrected chi connectivity index (χ2v) is 26.6. The van der Waals surface area contributed by atoms with Gasteiger partial charge in [0, 0.05) is 36.4 Å². The first-order chi connectivity index (χ1) is 44.4. The van der Waals surface area contributed by atoms with Crippen molar-refractivity contribution >= 4 is 63.4 Å². The molecule has 7 aromatic carbocycles. The van der Waals surface area contributed by atoms with Gasteiger partial charge in [-0.2, -0.15) is 0 Å². The average Bonchev–Trinajstić information content (AvgIpc) is 1.64. The largest absolute Gasteiger partial charge is 1.00 e. The third kappa shape index (κ3) is 15.7. The van der Waals surface area contributed by atoms with E-state index in [1.54, 1.807) is 0 Å². The van der Waals surface area contributed by atoms with E-state index in [-0.39, 0.29) is 24.0 Å². The molecule has 5 heterocycles. The number of halogens is 1. The van der Waals surface area contributed by atoms with E-state index in [0.717, 1.165) is 130 Å². The smallest absolute Gasteiger partial charge is 0.132 e. The number of nitrogens with zero attached hydrogens (tertiary/aromatic N) is 7. The molecule has 10 aromatic rings. The van der Waals surface area contributed by atoms with Crippen molar-refractivity contribution in [2.75, 3.05) is 70.0 Å². The van der Waals surface area contributed by atoms with Crippen molar-refractivity contribution in [3.05, 3.63) is 217 Å². The normalized spacial score (nSPS) is 12.2. The van der Waals surface area contributed by atoms with Gasteiger partial charge in [-0.1, -0.05) is 125 Å². The number of benzene rings is 7. The van der Waals surface area contributed by atoms with Crippen molar-refractivity contribution < 1.29 is 42.9 Å². The van der Waals surface area contributed by atoms with Gasteiger partial charge in [-0.15, -0.1) is 22.1 Å². The summed E-state index contributed by atoms with van der Waals surface area (Å²) in [6.45, 7) is 2.95. The van der Waals surface area contributed by atoms with E-state index in [9.17, 15) is 0 Å². The molecular weight excluding hydrogens is 1260 g/mol. The van der Waals surface area contributed by atoms with E-state index in [2.05, 4.69) is 216 Å². The number of fused-ring (bicyclic) bond motifs is 8. The fourth-order valence-corrected chi connectivity index (χ4v) is 11.8. The highest BCUT2D eigenvalue weighted by atomic mass is 127. The molecular formula is C81H84IN7O4. The topological polar surface area (TPSA) is 90.9 Å². The maximum Gasteiger partial charge on any atom is 0.132 e. The Kier molecular flexibility index (Phi) is 20.0. The van der Waals surface area contributed by atoms with Crippen LogP contribution in [0.5, 0.6) is 40.2 Å². The number of hydrogen-bond donors (Lipinski definition) is 0. The van der Waals surface area contributed by atoms with Gasteiger partial charge in [0.2, 0.25) is 0 Å². The monoisotopic (exact) mass is 1350 g/mol. The van der Waals surface area contributed by atoms with Crippen LogP contribution in [-0.2, 0) is 0 Å². The summed E-state index contributed by atoms with van der Waals surface area (Å²) in [6.07, 6.45) is 18.4. The Hall–Kier alpha value is -9.05. The van der Waals surface area contributed by atoms with E-state index in [1.165, 1.54) is 62.0 Å². The molecule has 0 unspecified atom stereocenters. The summed E-state index contributed by atoms with van der Waals surface area (Å²) in [7, 11) is 19.4. The Morgan fingerprint density at radius 3 is 0.785 bits per heavy atom. The van der Waals surface area contributed by atoms with Crippen LogP contribution in [0.15, 0.2) is 194 Å². The minimum atomic E-state index is 0. The maximum absolute atomic E-state index is 6.46. The number of ether oxygens (including phenoxy) is 4. The van der Waals surface area contributed by atoms with Gasteiger partial charge >= 0.3 is 0 Å². The molecule has 0 spiro atoms. The lowest BCUT2D eigenvalue weighted by atomic mass is 10.0. The van der Waals surface area contributed by atoms with Gasteiger partial charge in [0.05, 0.1) is 92.8 Å². The van der Waals surface area contributed by atoms with Crippen LogP contribution in [0.25, 0.3) is 90.9 Å². The zero-order valence-corrected chi connectivity index (χ0v) is 57.4. The predicted octanol–water partition coefficient (Wildman–Crippen LogP) is 17.1. The Morgan fingerprint density at radius 2 is 0.527 bits per heavy atom. The molecule has 2 aliphatic rings. The molecule has 8 bridgehead atoms. The number of quaternary nitrogens is 3. The van der Waals surface area contributed by atoms with Gasteiger partial charge in [-0.25, -0.2) is 9.97 Å². The minimum Gasteiger partial charge on any atom is -1.00 e. The molecule has 12 rings (SSSR count). The Balaban J connectivity index is 0.00000884. The Bertz CT molecular complexity index is 4340. The second kappa shape index (κ2) is 28.4. The third-order valence-corrected chi connectivity index (χ3v) is 17.0. The number of rotatable bonds is 23. The SMILES string of the molecule is CCCCCCCCCCOc1ccc(-c2c3nc(c(-c4ccc(Oc5ccc([N+](C)(C)C)cc5)cc4)c4ccc([n-]4)c(-c4ccc(Oc5ccc([N+](C)(C)C)cc5)cc4)c4nc(c(-c5ccc(Oc6ccc([N+](C)(C)C)cc6)cc5)c5ccc2[n-]5)C=C4)C=C3)cc1.[I-]. The summed E-state index contributed by atoms with van der Waals surface area (Å²) < 4.78 is 27.9. The molecule has 0 saturated carbocycles. The van der Waals surface area contributed by atoms with Gasteiger partial charge in [0.1, 0.15) is 57.3 Å². The zero-order chi connectivity index (χ0) is 64.0. The Morgan fingerprint density at radius 1 is 0.290 bits per heavy atom. The highest BCUT2D eigenvalue weighted by Gasteiger charge is 2.19. The van der Waals surface area contributed by atoms with Crippen molar-refractivity contribution in [3.8, 4) is 84.8 Å². The fraction of sp³-hybridized carbons (Fsp3) is 0.235. The lowest BCUT2D eigenvalue weighted by Gasteiger charge is -2.23.